The molecule has 0 aromatic heterocycles. The molecule has 0 bridgehead atoms. The molecule has 1 heterocycles. The number of carbonyl (C=O) groups excluding carboxylic acids is 1. The summed E-state index contributed by atoms with van der Waals surface area (Å²) in [4.78, 5) is 14.2. The largest absolute Gasteiger partial charge is 0.399 e. The van der Waals surface area contributed by atoms with Gasteiger partial charge in [0.2, 0.25) is 5.91 Å². The van der Waals surface area contributed by atoms with Crippen LogP contribution in [-0.4, -0.2) is 23.9 Å². The van der Waals surface area contributed by atoms with Gasteiger partial charge < -0.3 is 10.6 Å². The Labute approximate surface area is 115 Å². The van der Waals surface area contributed by atoms with E-state index in [9.17, 15) is 4.79 Å². The molecule has 1 atom stereocenters. The van der Waals surface area contributed by atoms with Crippen molar-refractivity contribution in [1.29, 1.82) is 0 Å². The van der Waals surface area contributed by atoms with Crippen molar-refractivity contribution >= 4 is 11.6 Å². The first-order valence-corrected chi connectivity index (χ1v) is 7.19. The van der Waals surface area contributed by atoms with Crippen molar-refractivity contribution in [2.75, 3.05) is 18.8 Å². The molecule has 1 amide bonds. The molecule has 3 heteroatoms. The Bertz CT molecular complexity index is 442. The highest BCUT2D eigenvalue weighted by Gasteiger charge is 2.27. The summed E-state index contributed by atoms with van der Waals surface area (Å²) in [5.41, 5.74) is 7.76. The van der Waals surface area contributed by atoms with Gasteiger partial charge in [0.15, 0.2) is 0 Å². The average Bonchev–Trinajstić information content (AvgIpc) is 2.87. The predicted molar refractivity (Wildman–Crippen MR) is 78.7 cm³/mol. The molecule has 2 N–H and O–H groups in total. The summed E-state index contributed by atoms with van der Waals surface area (Å²) < 4.78 is 0. The maximum atomic E-state index is 12.2. The molecule has 3 nitrogen and oxygen atoms in total. The monoisotopic (exact) mass is 260 g/mol. The molecular weight excluding hydrogens is 236 g/mol. The summed E-state index contributed by atoms with van der Waals surface area (Å²) in [5, 5.41) is 0. The van der Waals surface area contributed by atoms with Gasteiger partial charge in [-0.05, 0) is 36.3 Å². The Hall–Kier alpha value is -1.51. The maximum absolute atomic E-state index is 12.2. The third-order valence-electron chi connectivity index (χ3n) is 4.18. The van der Waals surface area contributed by atoms with E-state index in [0.717, 1.165) is 37.2 Å². The number of anilines is 1. The molecule has 0 saturated carbocycles. The molecule has 0 radical (unpaired) electrons. The second kappa shape index (κ2) is 6.09. The summed E-state index contributed by atoms with van der Waals surface area (Å²) in [6, 6.07) is 7.79. The molecule has 1 aliphatic rings. The highest BCUT2D eigenvalue weighted by atomic mass is 16.2. The van der Waals surface area contributed by atoms with E-state index in [1.165, 1.54) is 0 Å². The van der Waals surface area contributed by atoms with Crippen LogP contribution in [0, 0.1) is 11.8 Å². The van der Waals surface area contributed by atoms with Gasteiger partial charge in [0.1, 0.15) is 0 Å². The van der Waals surface area contributed by atoms with Crippen LogP contribution >= 0.6 is 0 Å². The average molecular weight is 260 g/mol. The van der Waals surface area contributed by atoms with Gasteiger partial charge >= 0.3 is 0 Å². The lowest BCUT2D eigenvalue weighted by atomic mass is 9.95. The number of carbonyl (C=O) groups is 1. The second-order valence-electron chi connectivity index (χ2n) is 5.83. The van der Waals surface area contributed by atoms with Crippen molar-refractivity contribution < 1.29 is 4.79 Å². The third kappa shape index (κ3) is 3.49. The minimum Gasteiger partial charge on any atom is -0.399 e. The molecule has 1 aliphatic heterocycles. The molecule has 19 heavy (non-hydrogen) atoms. The first-order chi connectivity index (χ1) is 9.08. The fourth-order valence-electron chi connectivity index (χ4n) is 2.72. The van der Waals surface area contributed by atoms with Crippen molar-refractivity contribution in [2.24, 2.45) is 11.8 Å². The van der Waals surface area contributed by atoms with E-state index in [1.807, 2.05) is 29.2 Å². The molecule has 0 aliphatic carbocycles. The molecule has 1 aromatic carbocycles. The lowest BCUT2D eigenvalue weighted by Crippen LogP contribution is -2.29. The maximum Gasteiger partial charge on any atom is 0.222 e. The van der Waals surface area contributed by atoms with Crippen LogP contribution in [0.25, 0.3) is 0 Å². The number of benzene rings is 1. The molecule has 1 aromatic rings. The van der Waals surface area contributed by atoms with Crippen molar-refractivity contribution in [3.63, 3.8) is 0 Å². The van der Waals surface area contributed by atoms with Crippen LogP contribution in [0.4, 0.5) is 5.69 Å². The van der Waals surface area contributed by atoms with Crippen molar-refractivity contribution in [3.8, 4) is 0 Å². The molecule has 1 saturated heterocycles. The molecular formula is C16H24N2O. The fourth-order valence-corrected chi connectivity index (χ4v) is 2.72. The van der Waals surface area contributed by atoms with Crippen molar-refractivity contribution in [2.45, 2.75) is 33.1 Å². The van der Waals surface area contributed by atoms with Gasteiger partial charge in [0.25, 0.3) is 0 Å². The van der Waals surface area contributed by atoms with Gasteiger partial charge in [0, 0.05) is 25.2 Å². The molecule has 104 valence electrons. The van der Waals surface area contributed by atoms with Crippen molar-refractivity contribution in [1.82, 2.24) is 4.90 Å². The van der Waals surface area contributed by atoms with Gasteiger partial charge in [-0.15, -0.1) is 0 Å². The van der Waals surface area contributed by atoms with Crippen LogP contribution in [0.15, 0.2) is 24.3 Å². The van der Waals surface area contributed by atoms with E-state index in [0.29, 0.717) is 18.3 Å². The second-order valence-corrected chi connectivity index (χ2v) is 5.83. The summed E-state index contributed by atoms with van der Waals surface area (Å²) in [7, 11) is 0. The lowest BCUT2D eigenvalue weighted by Gasteiger charge is -2.18. The lowest BCUT2D eigenvalue weighted by molar-refractivity contribution is -0.130. The number of nitrogens with zero attached hydrogens (tertiary/aromatic N) is 1. The highest BCUT2D eigenvalue weighted by molar-refractivity contribution is 5.77. The summed E-state index contributed by atoms with van der Waals surface area (Å²) in [6.07, 6.45) is 2.46. The van der Waals surface area contributed by atoms with E-state index in [-0.39, 0.29) is 5.91 Å². The molecule has 1 unspecified atom stereocenters. The first kappa shape index (κ1) is 13.9. The van der Waals surface area contributed by atoms with Gasteiger partial charge in [-0.2, -0.15) is 0 Å². The summed E-state index contributed by atoms with van der Waals surface area (Å²) in [5.74, 6) is 1.61. The SMILES string of the molecule is CC(C)C1CCN(C(=O)CCc2ccccc2N)C1. The molecule has 1 fully saturated rings. The zero-order chi connectivity index (χ0) is 13.8. The van der Waals surface area contributed by atoms with Gasteiger partial charge in [-0.1, -0.05) is 32.0 Å². The Morgan fingerprint density at radius 2 is 2.16 bits per heavy atom. The van der Waals surface area contributed by atoms with E-state index in [1.54, 1.807) is 0 Å². The zero-order valence-electron chi connectivity index (χ0n) is 11.9. The summed E-state index contributed by atoms with van der Waals surface area (Å²) >= 11 is 0. The van der Waals surface area contributed by atoms with Crippen LogP contribution in [0.5, 0.6) is 0 Å². The smallest absolute Gasteiger partial charge is 0.222 e. The Morgan fingerprint density at radius 1 is 1.42 bits per heavy atom. The van der Waals surface area contributed by atoms with Crippen LogP contribution in [-0.2, 0) is 11.2 Å². The normalized spacial score (nSPS) is 19.1. The van der Waals surface area contributed by atoms with E-state index >= 15 is 0 Å². The number of hydrogen-bond acceptors (Lipinski definition) is 2. The predicted octanol–water partition coefficient (Wildman–Crippen LogP) is 2.71. The van der Waals surface area contributed by atoms with Crippen LogP contribution in [0.1, 0.15) is 32.3 Å². The number of hydrogen-bond donors (Lipinski definition) is 1. The number of aryl methyl sites for hydroxylation is 1. The van der Waals surface area contributed by atoms with E-state index < -0.39 is 0 Å². The Balaban J connectivity index is 1.84. The minimum atomic E-state index is 0.270. The number of amides is 1. The number of rotatable bonds is 4. The van der Waals surface area contributed by atoms with Crippen LogP contribution < -0.4 is 5.73 Å². The number of para-hydroxylation sites is 1. The first-order valence-electron chi connectivity index (χ1n) is 7.19. The number of nitrogens with two attached hydrogens (primary N) is 1. The topological polar surface area (TPSA) is 46.3 Å². The van der Waals surface area contributed by atoms with Crippen LogP contribution in [0.3, 0.4) is 0 Å². The zero-order valence-corrected chi connectivity index (χ0v) is 11.9. The number of nitrogen functional groups attached to an aromatic ring is 1. The van der Waals surface area contributed by atoms with E-state index in [4.69, 9.17) is 5.73 Å². The number of likely N-dealkylation sites (tertiary alicyclic amines) is 1. The molecule has 2 rings (SSSR count). The third-order valence-corrected chi connectivity index (χ3v) is 4.18. The highest BCUT2D eigenvalue weighted by Crippen LogP contribution is 2.24. The summed E-state index contributed by atoms with van der Waals surface area (Å²) in [6.45, 7) is 6.33. The quantitative estimate of drug-likeness (QED) is 0.846. The van der Waals surface area contributed by atoms with Gasteiger partial charge in [-0.3, -0.25) is 4.79 Å². The molecule has 0 spiro atoms. The fraction of sp³-hybridized carbons (Fsp3) is 0.562. The van der Waals surface area contributed by atoms with Gasteiger partial charge in [-0.25, -0.2) is 0 Å². The Kier molecular flexibility index (Phi) is 4.46. The van der Waals surface area contributed by atoms with Crippen LogP contribution in [0.2, 0.25) is 0 Å². The van der Waals surface area contributed by atoms with E-state index in [2.05, 4.69) is 13.8 Å². The standard InChI is InChI=1S/C16H24N2O/c1-12(2)14-9-10-18(11-14)16(19)8-7-13-5-3-4-6-15(13)17/h3-6,12,14H,7-11,17H2,1-2H3. The minimum absolute atomic E-state index is 0.270. The van der Waals surface area contributed by atoms with Gasteiger partial charge in [0.05, 0.1) is 0 Å². The Morgan fingerprint density at radius 3 is 2.79 bits per heavy atom. The van der Waals surface area contributed by atoms with Crippen molar-refractivity contribution in [3.05, 3.63) is 29.8 Å².